The molecule has 0 spiro atoms. The van der Waals surface area contributed by atoms with Gasteiger partial charge in [0.25, 0.3) is 0 Å². The summed E-state index contributed by atoms with van der Waals surface area (Å²) >= 11 is 0. The summed E-state index contributed by atoms with van der Waals surface area (Å²) in [4.78, 5) is 15.8. The van der Waals surface area contributed by atoms with E-state index in [1.165, 1.54) is 5.56 Å². The highest BCUT2D eigenvalue weighted by Crippen LogP contribution is 2.19. The van der Waals surface area contributed by atoms with Gasteiger partial charge in [-0.05, 0) is 30.3 Å². The van der Waals surface area contributed by atoms with Crippen LogP contribution in [0.4, 0.5) is 0 Å². The average Bonchev–Trinajstić information content (AvgIpc) is 2.87. The first-order valence-electron chi connectivity index (χ1n) is 7.15. The number of nitrogens with zero attached hydrogens (tertiary/aromatic N) is 1. The monoisotopic (exact) mass is 298 g/mol. The first kappa shape index (κ1) is 14.6. The maximum Gasteiger partial charge on any atom is 0.417 e. The number of nitrogens with one attached hydrogen (secondary N) is 1. The lowest BCUT2D eigenvalue weighted by Gasteiger charge is -2.20. The molecule has 0 aliphatic rings. The number of aliphatic hydroxyl groups is 1. The van der Waals surface area contributed by atoms with E-state index in [1.807, 2.05) is 25.2 Å². The van der Waals surface area contributed by atoms with Crippen LogP contribution in [-0.2, 0) is 6.54 Å². The van der Waals surface area contributed by atoms with Gasteiger partial charge in [0.2, 0.25) is 0 Å². The molecule has 0 aliphatic heterocycles. The molecular weight excluding hydrogens is 280 g/mol. The van der Waals surface area contributed by atoms with Crippen molar-refractivity contribution in [2.24, 2.45) is 0 Å². The Balaban J connectivity index is 1.69. The highest BCUT2D eigenvalue weighted by atomic mass is 16.4. The SMILES string of the molecule is CN(Cc1ccccc1)CC(O)c1ccc2[nH]c(=O)oc2c1. The van der Waals surface area contributed by atoms with E-state index in [9.17, 15) is 9.90 Å². The van der Waals surface area contributed by atoms with Gasteiger partial charge >= 0.3 is 5.76 Å². The maximum atomic E-state index is 11.2. The summed E-state index contributed by atoms with van der Waals surface area (Å²) in [5.41, 5.74) is 3.03. The first-order chi connectivity index (χ1) is 10.6. The summed E-state index contributed by atoms with van der Waals surface area (Å²) in [6.07, 6.45) is -0.640. The van der Waals surface area contributed by atoms with Crippen LogP contribution in [0.5, 0.6) is 0 Å². The molecule has 2 N–H and O–H groups in total. The van der Waals surface area contributed by atoms with E-state index in [2.05, 4.69) is 22.0 Å². The van der Waals surface area contributed by atoms with Crippen LogP contribution in [0.2, 0.25) is 0 Å². The summed E-state index contributed by atoms with van der Waals surface area (Å²) in [6.45, 7) is 1.26. The van der Waals surface area contributed by atoms with Crippen LogP contribution in [0.1, 0.15) is 17.2 Å². The zero-order chi connectivity index (χ0) is 15.5. The summed E-state index contributed by atoms with van der Waals surface area (Å²) in [5.74, 6) is -0.483. The molecule has 0 aliphatic carbocycles. The van der Waals surface area contributed by atoms with Crippen molar-refractivity contribution in [2.75, 3.05) is 13.6 Å². The van der Waals surface area contributed by atoms with Gasteiger partial charge < -0.3 is 9.52 Å². The Kier molecular flexibility index (Phi) is 4.09. The number of fused-ring (bicyclic) bond motifs is 1. The Bertz CT molecular complexity index is 807. The summed E-state index contributed by atoms with van der Waals surface area (Å²) < 4.78 is 5.02. The van der Waals surface area contributed by atoms with Crippen molar-refractivity contribution in [1.29, 1.82) is 0 Å². The second-order valence-corrected chi connectivity index (χ2v) is 5.47. The fourth-order valence-electron chi connectivity index (χ4n) is 2.53. The molecule has 0 fully saturated rings. The van der Waals surface area contributed by atoms with Gasteiger partial charge in [-0.2, -0.15) is 0 Å². The van der Waals surface area contributed by atoms with E-state index >= 15 is 0 Å². The van der Waals surface area contributed by atoms with Gasteiger partial charge in [0.05, 0.1) is 11.6 Å². The van der Waals surface area contributed by atoms with E-state index in [1.54, 1.807) is 18.2 Å². The van der Waals surface area contributed by atoms with Gasteiger partial charge in [0.15, 0.2) is 5.58 Å². The molecule has 1 unspecified atom stereocenters. The highest BCUT2D eigenvalue weighted by Gasteiger charge is 2.13. The Morgan fingerprint density at radius 1 is 1.23 bits per heavy atom. The fraction of sp³-hybridized carbons (Fsp3) is 0.235. The molecule has 3 rings (SSSR count). The van der Waals surface area contributed by atoms with Gasteiger partial charge in [0.1, 0.15) is 0 Å². The van der Waals surface area contributed by atoms with E-state index in [0.29, 0.717) is 17.6 Å². The summed E-state index contributed by atoms with van der Waals surface area (Å²) in [5, 5.41) is 10.4. The Morgan fingerprint density at radius 3 is 2.77 bits per heavy atom. The quantitative estimate of drug-likeness (QED) is 0.758. The van der Waals surface area contributed by atoms with Crippen molar-refractivity contribution in [3.63, 3.8) is 0 Å². The third-order valence-corrected chi connectivity index (χ3v) is 3.61. The van der Waals surface area contributed by atoms with Crippen LogP contribution < -0.4 is 5.76 Å². The van der Waals surface area contributed by atoms with E-state index < -0.39 is 11.9 Å². The molecule has 114 valence electrons. The summed E-state index contributed by atoms with van der Waals surface area (Å²) in [7, 11) is 1.96. The van der Waals surface area contributed by atoms with Crippen molar-refractivity contribution >= 4 is 11.1 Å². The van der Waals surface area contributed by atoms with Crippen LogP contribution in [0, 0.1) is 0 Å². The van der Waals surface area contributed by atoms with Crippen molar-refractivity contribution < 1.29 is 9.52 Å². The number of rotatable bonds is 5. The molecule has 1 aromatic heterocycles. The second-order valence-electron chi connectivity index (χ2n) is 5.47. The van der Waals surface area contributed by atoms with E-state index in [-0.39, 0.29) is 0 Å². The smallest absolute Gasteiger partial charge is 0.408 e. The highest BCUT2D eigenvalue weighted by molar-refractivity contribution is 5.72. The Hall–Kier alpha value is -2.37. The molecule has 0 bridgehead atoms. The zero-order valence-corrected chi connectivity index (χ0v) is 12.3. The number of hydrogen-bond donors (Lipinski definition) is 2. The van der Waals surface area contributed by atoms with Gasteiger partial charge in [-0.25, -0.2) is 4.79 Å². The lowest BCUT2D eigenvalue weighted by atomic mass is 10.1. The number of H-pyrrole nitrogens is 1. The predicted molar refractivity (Wildman–Crippen MR) is 84.6 cm³/mol. The largest absolute Gasteiger partial charge is 0.417 e. The van der Waals surface area contributed by atoms with Crippen molar-refractivity contribution in [3.8, 4) is 0 Å². The van der Waals surface area contributed by atoms with E-state index in [4.69, 9.17) is 4.42 Å². The fourth-order valence-corrected chi connectivity index (χ4v) is 2.53. The molecule has 22 heavy (non-hydrogen) atoms. The molecule has 0 amide bonds. The van der Waals surface area contributed by atoms with Crippen LogP contribution in [0.15, 0.2) is 57.7 Å². The standard InChI is InChI=1S/C17H18N2O3/c1-19(10-12-5-3-2-4-6-12)11-15(20)13-7-8-14-16(9-13)22-17(21)18-14/h2-9,15,20H,10-11H2,1H3,(H,18,21). The van der Waals surface area contributed by atoms with Gasteiger partial charge in [0, 0.05) is 13.1 Å². The number of benzene rings is 2. The lowest BCUT2D eigenvalue weighted by Crippen LogP contribution is -2.24. The number of aromatic nitrogens is 1. The molecular formula is C17H18N2O3. The molecule has 3 aromatic rings. The molecule has 5 nitrogen and oxygen atoms in total. The number of aromatic amines is 1. The molecule has 0 saturated heterocycles. The minimum Gasteiger partial charge on any atom is -0.408 e. The molecule has 0 radical (unpaired) electrons. The number of hydrogen-bond acceptors (Lipinski definition) is 4. The Labute approximate surface area is 127 Å². The summed E-state index contributed by atoms with van der Waals surface area (Å²) in [6, 6.07) is 15.4. The topological polar surface area (TPSA) is 69.5 Å². The third-order valence-electron chi connectivity index (χ3n) is 3.61. The van der Waals surface area contributed by atoms with Crippen molar-refractivity contribution in [1.82, 2.24) is 9.88 Å². The van der Waals surface area contributed by atoms with Crippen LogP contribution >= 0.6 is 0 Å². The van der Waals surface area contributed by atoms with Gasteiger partial charge in [-0.3, -0.25) is 9.88 Å². The Morgan fingerprint density at radius 2 is 2.00 bits per heavy atom. The van der Waals surface area contributed by atoms with Gasteiger partial charge in [-0.1, -0.05) is 36.4 Å². The normalized spacial score (nSPS) is 12.9. The van der Waals surface area contributed by atoms with Crippen LogP contribution in [-0.4, -0.2) is 28.6 Å². The molecule has 1 heterocycles. The second kappa shape index (κ2) is 6.17. The zero-order valence-electron chi connectivity index (χ0n) is 12.3. The third kappa shape index (κ3) is 3.27. The van der Waals surface area contributed by atoms with Crippen molar-refractivity contribution in [3.05, 3.63) is 70.2 Å². The van der Waals surface area contributed by atoms with E-state index in [0.717, 1.165) is 12.1 Å². The average molecular weight is 298 g/mol. The number of aliphatic hydroxyl groups excluding tert-OH is 1. The molecule has 2 aromatic carbocycles. The minimum atomic E-state index is -0.640. The lowest BCUT2D eigenvalue weighted by molar-refractivity contribution is 0.124. The first-order valence-corrected chi connectivity index (χ1v) is 7.15. The van der Waals surface area contributed by atoms with Crippen LogP contribution in [0.3, 0.4) is 0 Å². The number of likely N-dealkylation sites (N-methyl/N-ethyl adjacent to an activating group) is 1. The molecule has 0 saturated carbocycles. The number of oxazole rings is 1. The predicted octanol–water partition coefficient (Wildman–Crippen LogP) is 2.29. The van der Waals surface area contributed by atoms with Crippen molar-refractivity contribution in [2.45, 2.75) is 12.6 Å². The maximum absolute atomic E-state index is 11.2. The van der Waals surface area contributed by atoms with Gasteiger partial charge in [-0.15, -0.1) is 0 Å². The van der Waals surface area contributed by atoms with Crippen LogP contribution in [0.25, 0.3) is 11.1 Å². The minimum absolute atomic E-state index is 0.465. The molecule has 1 atom stereocenters. The molecule has 5 heteroatoms.